The Morgan fingerprint density at radius 3 is 2.52 bits per heavy atom. The summed E-state index contributed by atoms with van der Waals surface area (Å²) in [6.07, 6.45) is 0. The topological polar surface area (TPSA) is 55.1 Å². The Bertz CT molecular complexity index is 737. The van der Waals surface area contributed by atoms with E-state index in [-0.39, 0.29) is 10.9 Å². The summed E-state index contributed by atoms with van der Waals surface area (Å²) >= 11 is 19.0. The van der Waals surface area contributed by atoms with Gasteiger partial charge in [0.1, 0.15) is 4.99 Å². The van der Waals surface area contributed by atoms with E-state index in [2.05, 4.69) is 27.9 Å². The van der Waals surface area contributed by atoms with Crippen molar-refractivity contribution in [2.75, 3.05) is 5.32 Å². The number of rotatable bonds is 3. The van der Waals surface area contributed by atoms with Gasteiger partial charge in [0, 0.05) is 19.7 Å². The molecule has 0 unspecified atom stereocenters. The van der Waals surface area contributed by atoms with Crippen molar-refractivity contribution in [1.82, 2.24) is 0 Å². The molecular formula is C14H9Cl2IN2OS. The van der Waals surface area contributed by atoms with E-state index in [1.54, 1.807) is 36.4 Å². The van der Waals surface area contributed by atoms with E-state index in [0.717, 1.165) is 3.57 Å². The van der Waals surface area contributed by atoms with Crippen LogP contribution in [0.5, 0.6) is 0 Å². The number of nitrogens with two attached hydrogens (primary N) is 1. The highest BCUT2D eigenvalue weighted by atomic mass is 127. The molecule has 0 aliphatic carbocycles. The fourth-order valence-corrected chi connectivity index (χ4v) is 2.53. The smallest absolute Gasteiger partial charge is 0.255 e. The molecule has 0 saturated heterocycles. The lowest BCUT2D eigenvalue weighted by atomic mass is 10.1. The zero-order valence-corrected chi connectivity index (χ0v) is 15.0. The lowest BCUT2D eigenvalue weighted by molar-refractivity contribution is 0.102. The zero-order chi connectivity index (χ0) is 15.6. The van der Waals surface area contributed by atoms with Gasteiger partial charge in [-0.05, 0) is 59.0 Å². The first-order chi connectivity index (χ1) is 9.88. The van der Waals surface area contributed by atoms with Gasteiger partial charge in [-0.2, -0.15) is 0 Å². The number of hydrogen-bond acceptors (Lipinski definition) is 2. The summed E-state index contributed by atoms with van der Waals surface area (Å²) in [6, 6.07) is 9.98. The molecule has 2 aromatic rings. The van der Waals surface area contributed by atoms with Crippen LogP contribution < -0.4 is 11.1 Å². The molecular weight excluding hydrogens is 442 g/mol. The van der Waals surface area contributed by atoms with Crippen LogP contribution in [0.25, 0.3) is 0 Å². The van der Waals surface area contributed by atoms with E-state index >= 15 is 0 Å². The Morgan fingerprint density at radius 2 is 1.90 bits per heavy atom. The molecule has 0 heterocycles. The summed E-state index contributed by atoms with van der Waals surface area (Å²) in [6.45, 7) is 0. The number of carbonyl (C=O) groups excluding carboxylic acids is 1. The van der Waals surface area contributed by atoms with Crippen LogP contribution in [0.1, 0.15) is 15.9 Å². The second-order valence-corrected chi connectivity index (χ2v) is 6.58. The predicted molar refractivity (Wildman–Crippen MR) is 99.5 cm³/mol. The minimum atomic E-state index is -0.312. The fraction of sp³-hybridized carbons (Fsp3) is 0. The summed E-state index contributed by atoms with van der Waals surface area (Å²) in [7, 11) is 0. The van der Waals surface area contributed by atoms with Gasteiger partial charge in [-0.3, -0.25) is 4.79 Å². The molecule has 0 atom stereocenters. The number of anilines is 1. The van der Waals surface area contributed by atoms with Gasteiger partial charge in [-0.15, -0.1) is 0 Å². The van der Waals surface area contributed by atoms with Gasteiger partial charge in [0.25, 0.3) is 5.91 Å². The summed E-state index contributed by atoms with van der Waals surface area (Å²) in [5, 5.41) is 3.74. The molecule has 3 N–H and O–H groups in total. The van der Waals surface area contributed by atoms with E-state index < -0.39 is 0 Å². The lowest BCUT2D eigenvalue weighted by Gasteiger charge is -2.11. The fourth-order valence-electron chi connectivity index (χ4n) is 1.67. The molecule has 7 heteroatoms. The van der Waals surface area contributed by atoms with Crippen molar-refractivity contribution in [3.05, 3.63) is 61.1 Å². The first-order valence-corrected chi connectivity index (χ1v) is 7.98. The first-order valence-electron chi connectivity index (χ1n) is 5.74. The molecule has 0 aromatic heterocycles. The molecule has 0 saturated carbocycles. The lowest BCUT2D eigenvalue weighted by Crippen LogP contribution is -2.17. The van der Waals surface area contributed by atoms with E-state index in [4.69, 9.17) is 41.2 Å². The number of hydrogen-bond donors (Lipinski definition) is 2. The summed E-state index contributed by atoms with van der Waals surface area (Å²) in [4.78, 5) is 12.4. The minimum absolute atomic E-state index is 0.183. The Labute approximate surface area is 150 Å². The molecule has 0 bridgehead atoms. The summed E-state index contributed by atoms with van der Waals surface area (Å²) < 4.78 is 0.873. The molecule has 2 aromatic carbocycles. The van der Waals surface area contributed by atoms with Crippen molar-refractivity contribution in [3.63, 3.8) is 0 Å². The zero-order valence-electron chi connectivity index (χ0n) is 10.5. The number of halogens is 3. The third-order valence-corrected chi connectivity index (χ3v) is 4.70. The standard InChI is InChI=1S/C14H9Cl2IN2OS/c15-8-2-3-9(13(18)21)12(6-8)19-14(20)7-1-4-11(17)10(16)5-7/h1-6H,(H2,18,21)(H,19,20). The SMILES string of the molecule is NC(=S)c1ccc(Cl)cc1NC(=O)c1ccc(I)c(Cl)c1. The molecule has 108 valence electrons. The molecule has 0 spiro atoms. The van der Waals surface area contributed by atoms with Crippen LogP contribution in [0.3, 0.4) is 0 Å². The van der Waals surface area contributed by atoms with Crippen molar-refractivity contribution in [2.45, 2.75) is 0 Å². The summed E-state index contributed by atoms with van der Waals surface area (Å²) in [5.74, 6) is -0.312. The van der Waals surface area contributed by atoms with Gasteiger partial charge in [0.15, 0.2) is 0 Å². The van der Waals surface area contributed by atoms with Gasteiger partial charge in [-0.1, -0.05) is 35.4 Å². The third-order valence-electron chi connectivity index (χ3n) is 2.68. The number of nitrogens with one attached hydrogen (secondary N) is 1. The highest BCUT2D eigenvalue weighted by Gasteiger charge is 2.12. The van der Waals surface area contributed by atoms with Gasteiger partial charge in [0.2, 0.25) is 0 Å². The quantitative estimate of drug-likeness (QED) is 0.535. The Kier molecular flexibility index (Phi) is 5.43. The van der Waals surface area contributed by atoms with Crippen molar-refractivity contribution in [2.24, 2.45) is 5.73 Å². The van der Waals surface area contributed by atoms with E-state index in [0.29, 0.717) is 26.9 Å². The first kappa shape index (κ1) is 16.5. The number of benzene rings is 2. The summed E-state index contributed by atoms with van der Waals surface area (Å²) in [5.41, 5.74) is 7.10. The van der Waals surface area contributed by atoms with Gasteiger partial charge >= 0.3 is 0 Å². The molecule has 3 nitrogen and oxygen atoms in total. The highest BCUT2D eigenvalue weighted by molar-refractivity contribution is 14.1. The van der Waals surface area contributed by atoms with Crippen LogP contribution in [0, 0.1) is 3.57 Å². The minimum Gasteiger partial charge on any atom is -0.389 e. The van der Waals surface area contributed by atoms with Crippen molar-refractivity contribution in [1.29, 1.82) is 0 Å². The molecule has 0 aliphatic rings. The van der Waals surface area contributed by atoms with Crippen LogP contribution in [-0.2, 0) is 0 Å². The van der Waals surface area contributed by atoms with Crippen molar-refractivity contribution < 1.29 is 4.79 Å². The van der Waals surface area contributed by atoms with Crippen LogP contribution in [-0.4, -0.2) is 10.9 Å². The maximum absolute atomic E-state index is 12.3. The van der Waals surface area contributed by atoms with E-state index in [1.807, 2.05) is 0 Å². The van der Waals surface area contributed by atoms with E-state index in [1.165, 1.54) is 0 Å². The number of thiocarbonyl (C=S) groups is 1. The average Bonchev–Trinajstić information content (AvgIpc) is 2.41. The maximum atomic E-state index is 12.3. The third kappa shape index (κ3) is 4.06. The Balaban J connectivity index is 2.33. The van der Waals surface area contributed by atoms with E-state index in [9.17, 15) is 4.79 Å². The Hall–Kier alpha value is -0.890. The molecule has 21 heavy (non-hydrogen) atoms. The molecule has 2 rings (SSSR count). The van der Waals surface area contributed by atoms with Gasteiger partial charge in [-0.25, -0.2) is 0 Å². The molecule has 1 amide bonds. The average molecular weight is 451 g/mol. The second kappa shape index (κ2) is 6.91. The normalized spacial score (nSPS) is 10.2. The van der Waals surface area contributed by atoms with Crippen LogP contribution in [0.15, 0.2) is 36.4 Å². The largest absolute Gasteiger partial charge is 0.389 e. The van der Waals surface area contributed by atoms with Crippen LogP contribution in [0.2, 0.25) is 10.0 Å². The monoisotopic (exact) mass is 450 g/mol. The Morgan fingerprint density at radius 1 is 1.19 bits per heavy atom. The van der Waals surface area contributed by atoms with Gasteiger partial charge < -0.3 is 11.1 Å². The predicted octanol–water partition coefficient (Wildman–Crippen LogP) is 4.48. The van der Waals surface area contributed by atoms with Crippen LogP contribution >= 0.6 is 58.0 Å². The molecule has 0 aliphatic heterocycles. The maximum Gasteiger partial charge on any atom is 0.255 e. The number of carbonyl (C=O) groups is 1. The van der Waals surface area contributed by atoms with Crippen molar-refractivity contribution in [3.8, 4) is 0 Å². The number of amides is 1. The second-order valence-electron chi connectivity index (χ2n) is 4.14. The highest BCUT2D eigenvalue weighted by Crippen LogP contribution is 2.23. The van der Waals surface area contributed by atoms with Crippen LogP contribution in [0.4, 0.5) is 5.69 Å². The molecule has 0 radical (unpaired) electrons. The molecule has 0 fully saturated rings. The van der Waals surface area contributed by atoms with Crippen molar-refractivity contribution >= 4 is 74.6 Å². The van der Waals surface area contributed by atoms with Gasteiger partial charge in [0.05, 0.1) is 10.7 Å².